The summed E-state index contributed by atoms with van der Waals surface area (Å²) in [6, 6.07) is 8.91. The van der Waals surface area contributed by atoms with Crippen LogP contribution in [-0.4, -0.2) is 30.6 Å². The Bertz CT molecular complexity index is 405. The second-order valence-corrected chi connectivity index (χ2v) is 6.05. The Balaban J connectivity index is 2.61. The lowest BCUT2D eigenvalue weighted by Gasteiger charge is -2.23. The van der Waals surface area contributed by atoms with Crippen molar-refractivity contribution < 1.29 is 9.53 Å². The summed E-state index contributed by atoms with van der Waals surface area (Å²) in [6.07, 6.45) is 1.05. The van der Waals surface area contributed by atoms with Crippen LogP contribution in [0.15, 0.2) is 24.3 Å². The van der Waals surface area contributed by atoms with E-state index in [-0.39, 0.29) is 12.0 Å². The molecule has 0 aromatic heterocycles. The van der Waals surface area contributed by atoms with Gasteiger partial charge in [0.15, 0.2) is 0 Å². The van der Waals surface area contributed by atoms with Crippen LogP contribution in [-0.2, 0) is 16.0 Å². The maximum Gasteiger partial charge on any atom is 0.315 e. The molecule has 3 nitrogen and oxygen atoms in total. The molecular formula is C16H25NO2S. The van der Waals surface area contributed by atoms with Crippen LogP contribution in [0.4, 0.5) is 0 Å². The third-order valence-corrected chi connectivity index (χ3v) is 4.50. The van der Waals surface area contributed by atoms with Crippen molar-refractivity contribution in [2.24, 2.45) is 0 Å². The van der Waals surface area contributed by atoms with Gasteiger partial charge in [-0.1, -0.05) is 38.1 Å². The van der Waals surface area contributed by atoms with Gasteiger partial charge in [-0.3, -0.25) is 4.79 Å². The van der Waals surface area contributed by atoms with E-state index in [0.29, 0.717) is 17.6 Å². The minimum Gasteiger partial charge on any atom is -0.465 e. The Kier molecular flexibility index (Phi) is 7.70. The second kappa shape index (κ2) is 9.03. The number of nitrogens with one attached hydrogen (secondary N) is 1. The summed E-state index contributed by atoms with van der Waals surface area (Å²) in [5.74, 6) is 0.265. The molecule has 1 aromatic carbocycles. The summed E-state index contributed by atoms with van der Waals surface area (Å²) in [5.41, 5.74) is 2.60. The predicted molar refractivity (Wildman–Crippen MR) is 86.2 cm³/mol. The van der Waals surface area contributed by atoms with Crippen molar-refractivity contribution in [1.29, 1.82) is 0 Å². The van der Waals surface area contributed by atoms with Crippen LogP contribution in [0.5, 0.6) is 0 Å². The van der Waals surface area contributed by atoms with Crippen molar-refractivity contribution in [1.82, 2.24) is 5.32 Å². The molecule has 0 bridgehead atoms. The lowest BCUT2D eigenvalue weighted by Crippen LogP contribution is -2.26. The monoisotopic (exact) mass is 295 g/mol. The molecule has 0 amide bonds. The van der Waals surface area contributed by atoms with Gasteiger partial charge >= 0.3 is 5.97 Å². The van der Waals surface area contributed by atoms with Gasteiger partial charge in [-0.15, -0.1) is 11.8 Å². The fourth-order valence-electron chi connectivity index (χ4n) is 2.13. The standard InChI is InChI=1S/C16H25NO2S/c1-5-13-7-9-14(10-8-13)16(17-4)12(3)20-11-15(18)19-6-2/h7-10,12,16-17H,5-6,11H2,1-4H3. The van der Waals surface area contributed by atoms with E-state index >= 15 is 0 Å². The average molecular weight is 295 g/mol. The number of thioether (sulfide) groups is 1. The van der Waals surface area contributed by atoms with Gasteiger partial charge in [0.2, 0.25) is 0 Å². The zero-order valence-corrected chi connectivity index (χ0v) is 13.6. The number of rotatable bonds is 8. The molecule has 112 valence electrons. The Labute approximate surface area is 126 Å². The van der Waals surface area contributed by atoms with Crippen molar-refractivity contribution in [2.45, 2.75) is 38.5 Å². The highest BCUT2D eigenvalue weighted by Crippen LogP contribution is 2.26. The van der Waals surface area contributed by atoms with E-state index in [9.17, 15) is 4.79 Å². The zero-order valence-electron chi connectivity index (χ0n) is 12.8. The van der Waals surface area contributed by atoms with Gasteiger partial charge in [0.25, 0.3) is 0 Å². The topological polar surface area (TPSA) is 38.3 Å². The number of carbonyl (C=O) groups is 1. The molecule has 1 rings (SSSR count). The molecule has 0 aliphatic carbocycles. The fourth-order valence-corrected chi connectivity index (χ4v) is 3.10. The van der Waals surface area contributed by atoms with E-state index in [1.54, 1.807) is 11.8 Å². The normalized spacial score (nSPS) is 13.8. The van der Waals surface area contributed by atoms with Crippen LogP contribution < -0.4 is 5.32 Å². The van der Waals surface area contributed by atoms with Gasteiger partial charge in [-0.05, 0) is 31.5 Å². The van der Waals surface area contributed by atoms with E-state index in [4.69, 9.17) is 4.74 Å². The van der Waals surface area contributed by atoms with Gasteiger partial charge in [0.1, 0.15) is 0 Å². The fraction of sp³-hybridized carbons (Fsp3) is 0.562. The zero-order chi connectivity index (χ0) is 15.0. The molecule has 2 atom stereocenters. The first-order chi connectivity index (χ1) is 9.62. The summed E-state index contributed by atoms with van der Waals surface area (Å²) < 4.78 is 4.96. The first-order valence-corrected chi connectivity index (χ1v) is 8.20. The largest absolute Gasteiger partial charge is 0.465 e. The minimum atomic E-state index is -0.138. The quantitative estimate of drug-likeness (QED) is 0.748. The molecule has 2 unspecified atom stereocenters. The summed E-state index contributed by atoms with van der Waals surface area (Å²) in [5, 5.41) is 3.64. The Morgan fingerprint density at radius 2 is 1.95 bits per heavy atom. The molecule has 20 heavy (non-hydrogen) atoms. The summed E-state index contributed by atoms with van der Waals surface area (Å²) in [4.78, 5) is 11.4. The number of hydrogen-bond acceptors (Lipinski definition) is 4. The number of ether oxygens (including phenoxy) is 1. The van der Waals surface area contributed by atoms with Crippen LogP contribution >= 0.6 is 11.8 Å². The van der Waals surface area contributed by atoms with Crippen LogP contribution in [0, 0.1) is 0 Å². The van der Waals surface area contributed by atoms with Crippen molar-refractivity contribution in [3.8, 4) is 0 Å². The average Bonchev–Trinajstić information content (AvgIpc) is 2.47. The Hall–Kier alpha value is -1.00. The van der Waals surface area contributed by atoms with E-state index in [2.05, 4.69) is 43.4 Å². The molecule has 1 N–H and O–H groups in total. The van der Waals surface area contributed by atoms with E-state index in [0.717, 1.165) is 6.42 Å². The van der Waals surface area contributed by atoms with E-state index in [1.165, 1.54) is 11.1 Å². The highest BCUT2D eigenvalue weighted by atomic mass is 32.2. The van der Waals surface area contributed by atoms with Crippen molar-refractivity contribution >= 4 is 17.7 Å². The lowest BCUT2D eigenvalue weighted by molar-refractivity contribution is -0.139. The van der Waals surface area contributed by atoms with Crippen LogP contribution in [0.3, 0.4) is 0 Å². The number of carbonyl (C=O) groups excluding carboxylic acids is 1. The summed E-state index contributed by atoms with van der Waals surface area (Å²) in [6.45, 7) is 6.57. The minimum absolute atomic E-state index is 0.138. The maximum absolute atomic E-state index is 11.4. The summed E-state index contributed by atoms with van der Waals surface area (Å²) in [7, 11) is 1.96. The third kappa shape index (κ3) is 5.17. The Morgan fingerprint density at radius 1 is 1.30 bits per heavy atom. The van der Waals surface area contributed by atoms with E-state index < -0.39 is 0 Å². The van der Waals surface area contributed by atoms with Crippen LogP contribution in [0.2, 0.25) is 0 Å². The van der Waals surface area contributed by atoms with Gasteiger partial charge in [0, 0.05) is 11.3 Å². The van der Waals surface area contributed by atoms with Crippen LogP contribution in [0.1, 0.15) is 37.9 Å². The molecule has 0 aliphatic heterocycles. The first kappa shape index (κ1) is 17.1. The number of esters is 1. The molecule has 0 fully saturated rings. The molecule has 4 heteroatoms. The molecule has 0 saturated heterocycles. The summed E-state index contributed by atoms with van der Waals surface area (Å²) >= 11 is 1.62. The van der Waals surface area contributed by atoms with E-state index in [1.807, 2.05) is 14.0 Å². The SMILES string of the molecule is CCOC(=O)CSC(C)C(NC)c1ccc(CC)cc1. The lowest BCUT2D eigenvalue weighted by atomic mass is 10.0. The molecule has 0 heterocycles. The molecule has 1 aromatic rings. The van der Waals surface area contributed by atoms with Crippen molar-refractivity contribution in [3.63, 3.8) is 0 Å². The first-order valence-electron chi connectivity index (χ1n) is 7.15. The highest BCUT2D eigenvalue weighted by Gasteiger charge is 2.19. The third-order valence-electron chi connectivity index (χ3n) is 3.30. The maximum atomic E-state index is 11.4. The highest BCUT2D eigenvalue weighted by molar-refractivity contribution is 8.00. The molecule has 0 saturated carbocycles. The smallest absolute Gasteiger partial charge is 0.315 e. The number of hydrogen-bond donors (Lipinski definition) is 1. The van der Waals surface area contributed by atoms with Crippen LogP contribution in [0.25, 0.3) is 0 Å². The Morgan fingerprint density at radius 3 is 2.45 bits per heavy atom. The van der Waals surface area contributed by atoms with Crippen molar-refractivity contribution in [3.05, 3.63) is 35.4 Å². The predicted octanol–water partition coefficient (Wildman–Crippen LogP) is 3.19. The number of benzene rings is 1. The molecule has 0 aliphatic rings. The van der Waals surface area contributed by atoms with Gasteiger partial charge < -0.3 is 10.1 Å². The second-order valence-electron chi connectivity index (χ2n) is 4.68. The molecule has 0 radical (unpaired) electrons. The van der Waals surface area contributed by atoms with Gasteiger partial charge in [0.05, 0.1) is 12.4 Å². The van der Waals surface area contributed by atoms with Gasteiger partial charge in [-0.2, -0.15) is 0 Å². The molecule has 0 spiro atoms. The number of aryl methyl sites for hydroxylation is 1. The molecular weight excluding hydrogens is 270 g/mol. The van der Waals surface area contributed by atoms with Gasteiger partial charge in [-0.25, -0.2) is 0 Å². The van der Waals surface area contributed by atoms with Crippen molar-refractivity contribution in [2.75, 3.05) is 19.4 Å².